The lowest BCUT2D eigenvalue weighted by Gasteiger charge is -2.30. The normalized spacial score (nSPS) is 15.4. The van der Waals surface area contributed by atoms with E-state index in [0.29, 0.717) is 50.6 Å². The Bertz CT molecular complexity index is 2270. The van der Waals surface area contributed by atoms with Gasteiger partial charge in [0.2, 0.25) is 59.1 Å². The fourth-order valence-electron chi connectivity index (χ4n) is 9.00. The fraction of sp³-hybridized carbons (Fsp3) is 0.707. The Balaban J connectivity index is 3.44. The van der Waals surface area contributed by atoms with Crippen LogP contribution in [0.3, 0.4) is 0 Å². The van der Waals surface area contributed by atoms with Crippen molar-refractivity contribution in [2.45, 2.75) is 213 Å². The Morgan fingerprint density at radius 1 is 0.452 bits per heavy atom. The van der Waals surface area contributed by atoms with Crippen LogP contribution in [0.1, 0.15) is 152 Å². The number of carboxylic acids is 1. The number of amides is 10. The number of aliphatic hydroxyl groups is 1. The molecule has 1 rings (SSSR count). The average Bonchev–Trinajstić information content (AvgIpc) is 3.56. The van der Waals surface area contributed by atoms with E-state index < -0.39 is 144 Å². The van der Waals surface area contributed by atoms with Gasteiger partial charge in [-0.3, -0.25) is 47.9 Å². The fourth-order valence-corrected chi connectivity index (χ4v) is 9.00. The number of aliphatic carboxylic acids is 1. The third kappa shape index (κ3) is 29.2. The SMILES string of the molecule is CC[C@H](C)[C@H](NC(=O)[C@H](CC(C)C)NC(=O)[C@H](CC(N)=O)NC(=O)[C@H](CC(C)C)NC(=O)[C@H](CC(C)C)NC(=O)[C@@H](N)CCCCN)C(=O)N[C@@H](CO)C(=O)N[C@@H](CCCCN)C(=O)N[C@@H](CC(C)C)C(=O)N[C@@H](Cc1ccccc1)C(=O)O. The van der Waals surface area contributed by atoms with E-state index in [-0.39, 0.29) is 68.7 Å². The van der Waals surface area contributed by atoms with E-state index in [1.165, 1.54) is 0 Å². The maximum absolute atomic E-state index is 14.3. The minimum atomic E-state index is -1.68. The van der Waals surface area contributed by atoms with Crippen LogP contribution in [0.25, 0.3) is 0 Å². The van der Waals surface area contributed by atoms with Gasteiger partial charge in [-0.1, -0.05) is 112 Å². The summed E-state index contributed by atoms with van der Waals surface area (Å²) in [6.07, 6.45) is 2.28. The quantitative estimate of drug-likeness (QED) is 0.0362. The van der Waals surface area contributed by atoms with Crippen molar-refractivity contribution in [3.05, 3.63) is 35.9 Å². The molecule has 26 heteroatoms. The third-order valence-electron chi connectivity index (χ3n) is 13.8. The maximum Gasteiger partial charge on any atom is 0.326 e. The monoisotopic (exact) mass is 1190 g/mol. The summed E-state index contributed by atoms with van der Waals surface area (Å²) in [5, 5.41) is 43.8. The molecular weight excluding hydrogens is 1090 g/mol. The van der Waals surface area contributed by atoms with E-state index in [4.69, 9.17) is 22.9 Å². The molecule has 0 bridgehead atoms. The summed E-state index contributed by atoms with van der Waals surface area (Å²) in [6, 6.07) is -4.60. The molecule has 0 aromatic heterocycles. The molecule has 476 valence electrons. The van der Waals surface area contributed by atoms with Gasteiger partial charge in [0.15, 0.2) is 0 Å². The Kier molecular flexibility index (Phi) is 35.6. The number of benzene rings is 1. The van der Waals surface area contributed by atoms with E-state index in [2.05, 4.69) is 47.9 Å². The van der Waals surface area contributed by atoms with Gasteiger partial charge in [0.25, 0.3) is 0 Å². The number of hydrogen-bond acceptors (Lipinski definition) is 15. The Labute approximate surface area is 495 Å². The second-order valence-electron chi connectivity index (χ2n) is 23.4. The van der Waals surface area contributed by atoms with Crippen LogP contribution < -0.4 is 70.8 Å². The standard InChI is InChI=1S/C58H101N13O13/c1-11-36(10)48(57(82)70-46(31-72)56(81)63-39(22-16-18-24-60)50(75)65-42(27-34(6)7)53(78)69-45(58(83)84)29-37-19-13-12-14-20-37)71-55(80)43(28-35(8)9)67-54(79)44(30-47(62)73)68-52(77)41(26-33(4)5)66-51(76)40(25-32(2)3)64-49(74)38(61)21-15-17-23-59/h12-14,19-20,32-36,38-46,48,72H,11,15-18,21-31,59-61H2,1-10H3,(H2,62,73)(H,63,81)(H,64,74)(H,65,75)(H,66,76)(H,67,79)(H,68,77)(H,69,78)(H,70,82)(H,71,80)(H,83,84)/t36-,38-,39-,40-,41-,42-,43-,44-,45-,46-,48-/m0/s1. The Hall–Kier alpha value is -6.77. The van der Waals surface area contributed by atoms with Gasteiger partial charge >= 0.3 is 5.97 Å². The van der Waals surface area contributed by atoms with Crippen molar-refractivity contribution in [3.63, 3.8) is 0 Å². The van der Waals surface area contributed by atoms with Crippen LogP contribution in [-0.4, -0.2) is 155 Å². The summed E-state index contributed by atoms with van der Waals surface area (Å²) in [7, 11) is 0. The predicted molar refractivity (Wildman–Crippen MR) is 317 cm³/mol. The zero-order valence-electron chi connectivity index (χ0n) is 51.1. The highest BCUT2D eigenvalue weighted by atomic mass is 16.4. The first kappa shape index (κ1) is 75.2. The molecule has 1 aromatic rings. The van der Waals surface area contributed by atoms with Crippen molar-refractivity contribution in [1.29, 1.82) is 0 Å². The first-order valence-electron chi connectivity index (χ1n) is 29.5. The molecule has 0 fully saturated rings. The molecule has 19 N–H and O–H groups in total. The summed E-state index contributed by atoms with van der Waals surface area (Å²) < 4.78 is 0. The number of aliphatic hydroxyl groups excluding tert-OH is 1. The molecule has 10 amide bonds. The first-order chi connectivity index (χ1) is 39.5. The number of unbranched alkanes of at least 4 members (excludes halogenated alkanes) is 2. The van der Waals surface area contributed by atoms with Crippen molar-refractivity contribution in [2.24, 2.45) is 52.5 Å². The van der Waals surface area contributed by atoms with Crippen molar-refractivity contribution < 1.29 is 63.0 Å². The largest absolute Gasteiger partial charge is 0.480 e. The maximum atomic E-state index is 14.3. The molecule has 0 saturated carbocycles. The molecule has 0 radical (unpaired) electrons. The average molecular weight is 1190 g/mol. The van der Waals surface area contributed by atoms with Gasteiger partial charge in [0.1, 0.15) is 54.4 Å². The van der Waals surface area contributed by atoms with Crippen molar-refractivity contribution in [1.82, 2.24) is 47.9 Å². The van der Waals surface area contributed by atoms with E-state index in [1.807, 2.05) is 13.8 Å². The van der Waals surface area contributed by atoms with E-state index in [0.717, 1.165) is 0 Å². The summed E-state index contributed by atoms with van der Waals surface area (Å²) in [4.78, 5) is 150. The van der Waals surface area contributed by atoms with Gasteiger partial charge in [-0.15, -0.1) is 0 Å². The predicted octanol–water partition coefficient (Wildman–Crippen LogP) is -0.640. The molecule has 0 aliphatic rings. The van der Waals surface area contributed by atoms with E-state index in [9.17, 15) is 63.0 Å². The number of nitrogens with one attached hydrogen (secondary N) is 9. The summed E-state index contributed by atoms with van der Waals surface area (Å²) in [6.45, 7) is 17.5. The van der Waals surface area contributed by atoms with E-state index >= 15 is 0 Å². The van der Waals surface area contributed by atoms with Crippen molar-refractivity contribution >= 4 is 65.0 Å². The van der Waals surface area contributed by atoms with Gasteiger partial charge in [-0.2, -0.15) is 0 Å². The van der Waals surface area contributed by atoms with Gasteiger partial charge in [0, 0.05) is 6.42 Å². The summed E-state index contributed by atoms with van der Waals surface area (Å²) in [5.41, 5.74) is 23.6. The van der Waals surface area contributed by atoms with Crippen LogP contribution in [0.4, 0.5) is 0 Å². The summed E-state index contributed by atoms with van der Waals surface area (Å²) >= 11 is 0. The first-order valence-corrected chi connectivity index (χ1v) is 29.5. The molecule has 0 aliphatic heterocycles. The molecule has 11 atom stereocenters. The molecular formula is C58H101N13O13. The summed E-state index contributed by atoms with van der Waals surface area (Å²) in [5.74, 6) is -11.0. The minimum Gasteiger partial charge on any atom is -0.480 e. The zero-order valence-corrected chi connectivity index (χ0v) is 51.1. The number of hydrogen-bond donors (Lipinski definition) is 15. The highest BCUT2D eigenvalue weighted by Crippen LogP contribution is 2.15. The Morgan fingerprint density at radius 2 is 0.810 bits per heavy atom. The van der Waals surface area contributed by atoms with Gasteiger partial charge in [0.05, 0.1) is 19.1 Å². The lowest BCUT2D eigenvalue weighted by molar-refractivity contribution is -0.142. The highest BCUT2D eigenvalue weighted by molar-refractivity contribution is 5.99. The molecule has 26 nitrogen and oxygen atoms in total. The topological polar surface area (TPSA) is 441 Å². The molecule has 0 unspecified atom stereocenters. The lowest BCUT2D eigenvalue weighted by atomic mass is 9.96. The lowest BCUT2D eigenvalue weighted by Crippen LogP contribution is -2.62. The molecule has 84 heavy (non-hydrogen) atoms. The molecule has 0 heterocycles. The van der Waals surface area contributed by atoms with E-state index in [1.54, 1.807) is 85.7 Å². The van der Waals surface area contributed by atoms with Crippen LogP contribution in [0.2, 0.25) is 0 Å². The minimum absolute atomic E-state index is 0.0158. The molecule has 0 spiro atoms. The zero-order chi connectivity index (χ0) is 63.8. The number of nitrogens with two attached hydrogens (primary N) is 4. The van der Waals surface area contributed by atoms with Crippen LogP contribution in [0.5, 0.6) is 0 Å². The molecule has 0 aliphatic carbocycles. The van der Waals surface area contributed by atoms with Crippen molar-refractivity contribution in [3.8, 4) is 0 Å². The highest BCUT2D eigenvalue weighted by Gasteiger charge is 2.37. The smallest absolute Gasteiger partial charge is 0.326 e. The van der Waals surface area contributed by atoms with Crippen molar-refractivity contribution in [2.75, 3.05) is 19.7 Å². The third-order valence-corrected chi connectivity index (χ3v) is 13.8. The number of carbonyl (C=O) groups excluding carboxylic acids is 10. The van der Waals surface area contributed by atoms with Crippen LogP contribution in [0.15, 0.2) is 30.3 Å². The number of rotatable bonds is 42. The van der Waals surface area contributed by atoms with Crippen LogP contribution in [-0.2, 0) is 59.2 Å². The van der Waals surface area contributed by atoms with Gasteiger partial charge in [-0.05, 0) is 106 Å². The van der Waals surface area contributed by atoms with Gasteiger partial charge in [-0.25, -0.2) is 4.79 Å². The molecule has 1 aromatic carbocycles. The van der Waals surface area contributed by atoms with Crippen LogP contribution in [0, 0.1) is 29.6 Å². The number of primary amides is 1. The second kappa shape index (κ2) is 39.7. The number of carbonyl (C=O) groups is 11. The second-order valence-corrected chi connectivity index (χ2v) is 23.4. The van der Waals surface area contributed by atoms with Gasteiger partial charge < -0.3 is 81.0 Å². The molecule has 0 saturated heterocycles. The Morgan fingerprint density at radius 3 is 1.21 bits per heavy atom. The number of carboxylic acid groups (broad SMARTS) is 1. The van der Waals surface area contributed by atoms with Crippen LogP contribution >= 0.6 is 0 Å².